The van der Waals surface area contributed by atoms with Crippen LogP contribution in [0.25, 0.3) is 11.1 Å². The normalized spacial score (nSPS) is 22.2. The highest BCUT2D eigenvalue weighted by Gasteiger charge is 2.41. The highest BCUT2D eigenvalue weighted by atomic mass is 16.5. The van der Waals surface area contributed by atoms with Gasteiger partial charge >= 0.3 is 12.1 Å². The number of hydrogen-bond acceptors (Lipinski definition) is 5. The van der Waals surface area contributed by atoms with Gasteiger partial charge in [-0.05, 0) is 47.4 Å². The van der Waals surface area contributed by atoms with E-state index in [-0.39, 0.29) is 25.0 Å². The van der Waals surface area contributed by atoms with Gasteiger partial charge in [0.1, 0.15) is 12.6 Å². The highest BCUT2D eigenvalue weighted by molar-refractivity contribution is 5.87. The first-order chi connectivity index (χ1) is 16.0. The van der Waals surface area contributed by atoms with Crippen molar-refractivity contribution in [3.05, 3.63) is 59.7 Å². The van der Waals surface area contributed by atoms with Crippen molar-refractivity contribution in [3.8, 4) is 11.1 Å². The molecule has 3 atom stereocenters. The number of carbonyl (C=O) groups is 3. The maximum atomic E-state index is 12.8. The third-order valence-corrected chi connectivity index (χ3v) is 6.66. The van der Waals surface area contributed by atoms with Gasteiger partial charge in [0.25, 0.3) is 0 Å². The van der Waals surface area contributed by atoms with Gasteiger partial charge in [-0.1, -0.05) is 48.5 Å². The fraction of sp³-hybridized carbons (Fsp3) is 0.400. The van der Waals surface area contributed by atoms with Gasteiger partial charge in [-0.2, -0.15) is 0 Å². The van der Waals surface area contributed by atoms with E-state index in [0.717, 1.165) is 35.1 Å². The van der Waals surface area contributed by atoms with Crippen LogP contribution in [0.2, 0.25) is 0 Å². The van der Waals surface area contributed by atoms with Gasteiger partial charge in [-0.25, -0.2) is 9.59 Å². The number of carboxylic acid groups (broad SMARTS) is 1. The topological polar surface area (TPSA) is 114 Å². The number of nitrogens with one attached hydrogen (secondary N) is 2. The molecule has 0 aromatic heterocycles. The van der Waals surface area contributed by atoms with E-state index in [9.17, 15) is 19.5 Å². The van der Waals surface area contributed by atoms with Crippen molar-refractivity contribution in [2.24, 2.45) is 5.92 Å². The summed E-state index contributed by atoms with van der Waals surface area (Å²) in [7, 11) is 0. The Morgan fingerprint density at radius 1 is 1.00 bits per heavy atom. The van der Waals surface area contributed by atoms with Crippen molar-refractivity contribution >= 4 is 18.0 Å². The molecule has 1 saturated heterocycles. The number of hydrogen-bond donors (Lipinski definition) is 3. The number of ether oxygens (including phenoxy) is 2. The van der Waals surface area contributed by atoms with Crippen molar-refractivity contribution in [1.29, 1.82) is 0 Å². The Bertz CT molecular complexity index is 1040. The second-order valence-corrected chi connectivity index (χ2v) is 8.82. The Hall–Kier alpha value is -3.39. The molecular weight excluding hydrogens is 424 g/mol. The first kappa shape index (κ1) is 21.5. The van der Waals surface area contributed by atoms with Crippen LogP contribution in [-0.2, 0) is 19.1 Å². The van der Waals surface area contributed by atoms with Crippen LogP contribution >= 0.6 is 0 Å². The maximum absolute atomic E-state index is 12.8. The summed E-state index contributed by atoms with van der Waals surface area (Å²) in [5, 5.41) is 14.7. The van der Waals surface area contributed by atoms with Crippen LogP contribution in [0, 0.1) is 5.92 Å². The van der Waals surface area contributed by atoms with Gasteiger partial charge in [0.15, 0.2) is 6.10 Å². The van der Waals surface area contributed by atoms with Crippen molar-refractivity contribution in [2.45, 2.75) is 43.4 Å². The van der Waals surface area contributed by atoms with E-state index < -0.39 is 36.2 Å². The van der Waals surface area contributed by atoms with E-state index in [1.54, 1.807) is 0 Å². The van der Waals surface area contributed by atoms with Crippen LogP contribution in [0.5, 0.6) is 0 Å². The van der Waals surface area contributed by atoms with E-state index in [0.29, 0.717) is 6.42 Å². The zero-order chi connectivity index (χ0) is 22.9. The standard InChI is InChI=1S/C25H26N2O6/c28-23(26-20-11-12-32-22(20)24(29)30)21(14-9-10-14)27-25(31)33-13-19-17-7-3-1-5-15(17)16-6-2-4-8-18(16)19/h1-8,14,19-22H,9-13H2,(H,26,28)(H,27,31)(H,29,30)/t20-,21?,22+/m1/s1. The van der Waals surface area contributed by atoms with Crippen molar-refractivity contribution in [2.75, 3.05) is 13.2 Å². The first-order valence-electron chi connectivity index (χ1n) is 11.3. The summed E-state index contributed by atoms with van der Waals surface area (Å²) < 4.78 is 10.8. The van der Waals surface area contributed by atoms with Crippen LogP contribution < -0.4 is 10.6 Å². The zero-order valence-electron chi connectivity index (χ0n) is 18.0. The molecule has 2 aromatic rings. The Kier molecular flexibility index (Phi) is 5.76. The average Bonchev–Trinajstić information content (AvgIpc) is 3.46. The minimum atomic E-state index is -1.11. The van der Waals surface area contributed by atoms with E-state index in [2.05, 4.69) is 22.8 Å². The Morgan fingerprint density at radius 3 is 2.24 bits per heavy atom. The quantitative estimate of drug-likeness (QED) is 0.598. The lowest BCUT2D eigenvalue weighted by Crippen LogP contribution is -2.53. The van der Waals surface area contributed by atoms with Crippen LogP contribution in [0.4, 0.5) is 4.79 Å². The van der Waals surface area contributed by atoms with Crippen molar-refractivity contribution < 1.29 is 29.0 Å². The number of aliphatic carboxylic acids is 1. The molecular formula is C25H26N2O6. The molecule has 172 valence electrons. The number of amides is 2. The van der Waals surface area contributed by atoms with E-state index >= 15 is 0 Å². The molecule has 1 saturated carbocycles. The maximum Gasteiger partial charge on any atom is 0.407 e. The lowest BCUT2D eigenvalue weighted by atomic mass is 9.98. The van der Waals surface area contributed by atoms with Crippen molar-refractivity contribution in [3.63, 3.8) is 0 Å². The third kappa shape index (κ3) is 4.30. The molecule has 3 aliphatic rings. The van der Waals surface area contributed by atoms with Gasteiger partial charge in [0.2, 0.25) is 5.91 Å². The molecule has 2 fully saturated rings. The molecule has 0 bridgehead atoms. The van der Waals surface area contributed by atoms with E-state index in [1.807, 2.05) is 36.4 Å². The minimum Gasteiger partial charge on any atom is -0.479 e. The van der Waals surface area contributed by atoms with Gasteiger partial charge in [0, 0.05) is 12.5 Å². The minimum absolute atomic E-state index is 0.0241. The highest BCUT2D eigenvalue weighted by Crippen LogP contribution is 2.44. The predicted molar refractivity (Wildman–Crippen MR) is 119 cm³/mol. The largest absolute Gasteiger partial charge is 0.479 e. The predicted octanol–water partition coefficient (Wildman–Crippen LogP) is 2.66. The zero-order valence-corrected chi connectivity index (χ0v) is 18.0. The number of fused-ring (bicyclic) bond motifs is 3. The molecule has 0 radical (unpaired) electrons. The molecule has 5 rings (SSSR count). The summed E-state index contributed by atoms with van der Waals surface area (Å²) in [6, 6.07) is 14.8. The molecule has 8 nitrogen and oxygen atoms in total. The summed E-state index contributed by atoms with van der Waals surface area (Å²) in [4.78, 5) is 36.8. The molecule has 33 heavy (non-hydrogen) atoms. The summed E-state index contributed by atoms with van der Waals surface area (Å²) in [6.07, 6.45) is 0.353. The second-order valence-electron chi connectivity index (χ2n) is 8.82. The summed E-state index contributed by atoms with van der Waals surface area (Å²) in [6.45, 7) is 0.437. The average molecular weight is 450 g/mol. The van der Waals surface area contributed by atoms with E-state index in [1.165, 1.54) is 0 Å². The van der Waals surface area contributed by atoms with E-state index in [4.69, 9.17) is 9.47 Å². The number of carboxylic acids is 1. The van der Waals surface area contributed by atoms with Gasteiger partial charge in [0.05, 0.1) is 6.04 Å². The number of rotatable bonds is 7. The fourth-order valence-corrected chi connectivity index (χ4v) is 4.85. The monoisotopic (exact) mass is 450 g/mol. The Balaban J connectivity index is 1.22. The Labute approximate surface area is 191 Å². The molecule has 0 spiro atoms. The lowest BCUT2D eigenvalue weighted by Gasteiger charge is -2.22. The molecule has 2 aliphatic carbocycles. The molecule has 3 N–H and O–H groups in total. The van der Waals surface area contributed by atoms with Crippen LogP contribution in [0.1, 0.15) is 36.3 Å². The van der Waals surface area contributed by atoms with Gasteiger partial charge < -0.3 is 25.2 Å². The summed E-state index contributed by atoms with van der Waals surface area (Å²) >= 11 is 0. The van der Waals surface area contributed by atoms with Gasteiger partial charge in [-0.3, -0.25) is 4.79 Å². The summed E-state index contributed by atoms with van der Waals surface area (Å²) in [5.41, 5.74) is 4.51. The number of carbonyl (C=O) groups excluding carboxylic acids is 2. The molecule has 8 heteroatoms. The third-order valence-electron chi connectivity index (χ3n) is 6.66. The lowest BCUT2D eigenvalue weighted by molar-refractivity contribution is -0.148. The molecule has 2 amide bonds. The fourth-order valence-electron chi connectivity index (χ4n) is 4.85. The SMILES string of the molecule is O=C(NC(C(=O)N[C@@H]1CCO[C@@H]1C(=O)O)C1CC1)OCC1c2ccccc2-c2ccccc21. The first-order valence-corrected chi connectivity index (χ1v) is 11.3. The number of alkyl carbamates (subject to hydrolysis) is 1. The van der Waals surface area contributed by atoms with Crippen LogP contribution in [-0.4, -0.2) is 54.5 Å². The van der Waals surface area contributed by atoms with Crippen molar-refractivity contribution in [1.82, 2.24) is 10.6 Å². The van der Waals surface area contributed by atoms with Crippen LogP contribution in [0.3, 0.4) is 0 Å². The number of benzene rings is 2. The van der Waals surface area contributed by atoms with Gasteiger partial charge in [-0.15, -0.1) is 0 Å². The van der Waals surface area contributed by atoms with Crippen LogP contribution in [0.15, 0.2) is 48.5 Å². The molecule has 1 heterocycles. The smallest absolute Gasteiger partial charge is 0.407 e. The molecule has 2 aromatic carbocycles. The molecule has 1 unspecified atom stereocenters. The Morgan fingerprint density at radius 2 is 1.64 bits per heavy atom. The molecule has 1 aliphatic heterocycles. The summed E-state index contributed by atoms with van der Waals surface area (Å²) in [5.74, 6) is -1.54. The second kappa shape index (κ2) is 8.86.